The predicted octanol–water partition coefficient (Wildman–Crippen LogP) is 3.67. The van der Waals surface area contributed by atoms with E-state index >= 15 is 0 Å². The third-order valence-electron chi connectivity index (χ3n) is 2.53. The number of hydrogen-bond acceptors (Lipinski definition) is 2. The molecule has 94 valence electrons. The number of nitrogens with two attached hydrogens (primary N) is 1. The molecule has 2 rings (SSSR count). The maximum Gasteiger partial charge on any atom is 0.133 e. The maximum absolute atomic E-state index is 13.1. The van der Waals surface area contributed by atoms with E-state index in [-0.39, 0.29) is 11.9 Å². The van der Waals surface area contributed by atoms with Gasteiger partial charge in [0.15, 0.2) is 0 Å². The van der Waals surface area contributed by atoms with Crippen molar-refractivity contribution in [1.82, 2.24) is 0 Å². The van der Waals surface area contributed by atoms with Crippen molar-refractivity contribution in [3.8, 4) is 5.75 Å². The van der Waals surface area contributed by atoms with Crippen molar-refractivity contribution in [3.05, 3.63) is 64.4 Å². The van der Waals surface area contributed by atoms with E-state index in [0.29, 0.717) is 6.61 Å². The van der Waals surface area contributed by atoms with E-state index in [1.807, 2.05) is 24.3 Å². The van der Waals surface area contributed by atoms with Crippen LogP contribution in [0.4, 0.5) is 4.39 Å². The van der Waals surface area contributed by atoms with Gasteiger partial charge in [0.2, 0.25) is 0 Å². The summed E-state index contributed by atoms with van der Waals surface area (Å²) in [6.07, 6.45) is 0. The van der Waals surface area contributed by atoms with Crippen LogP contribution in [0.15, 0.2) is 53.0 Å². The van der Waals surface area contributed by atoms with Crippen LogP contribution >= 0.6 is 15.9 Å². The van der Waals surface area contributed by atoms with E-state index in [4.69, 9.17) is 10.5 Å². The summed E-state index contributed by atoms with van der Waals surface area (Å²) >= 11 is 3.39. The second-order valence-corrected chi connectivity index (χ2v) is 4.76. The Morgan fingerprint density at radius 1 is 1.17 bits per heavy atom. The summed E-state index contributed by atoms with van der Waals surface area (Å²) in [5.74, 6) is 0.438. The van der Waals surface area contributed by atoms with Crippen LogP contribution in [0.3, 0.4) is 0 Å². The molecular formula is C14H13BrFNO. The van der Waals surface area contributed by atoms with Crippen molar-refractivity contribution in [1.29, 1.82) is 0 Å². The zero-order valence-corrected chi connectivity index (χ0v) is 11.2. The average Bonchev–Trinajstić information content (AvgIpc) is 2.37. The van der Waals surface area contributed by atoms with Gasteiger partial charge in [-0.15, -0.1) is 0 Å². The van der Waals surface area contributed by atoms with E-state index in [9.17, 15) is 4.39 Å². The first kappa shape index (κ1) is 13.1. The van der Waals surface area contributed by atoms with Gasteiger partial charge in [-0.05, 0) is 45.8 Å². The van der Waals surface area contributed by atoms with E-state index in [0.717, 1.165) is 15.8 Å². The normalized spacial score (nSPS) is 12.2. The van der Waals surface area contributed by atoms with Gasteiger partial charge in [-0.2, -0.15) is 0 Å². The van der Waals surface area contributed by atoms with E-state index in [1.165, 1.54) is 12.1 Å². The molecule has 18 heavy (non-hydrogen) atoms. The zero-order valence-electron chi connectivity index (χ0n) is 9.64. The van der Waals surface area contributed by atoms with Gasteiger partial charge in [0.1, 0.15) is 18.2 Å². The molecule has 1 atom stereocenters. The van der Waals surface area contributed by atoms with Crippen molar-refractivity contribution in [2.75, 3.05) is 6.61 Å². The third kappa shape index (κ3) is 3.31. The fourth-order valence-electron chi connectivity index (χ4n) is 1.57. The van der Waals surface area contributed by atoms with E-state index in [2.05, 4.69) is 15.9 Å². The van der Waals surface area contributed by atoms with Crippen LogP contribution < -0.4 is 10.5 Å². The molecule has 0 amide bonds. The molecule has 0 saturated heterocycles. The van der Waals surface area contributed by atoms with Gasteiger partial charge in [-0.25, -0.2) is 4.39 Å². The SMILES string of the molecule is NC(COc1ccccc1Br)c1cccc(F)c1. The average molecular weight is 310 g/mol. The maximum atomic E-state index is 13.1. The van der Waals surface area contributed by atoms with Crippen LogP contribution in [0, 0.1) is 5.82 Å². The van der Waals surface area contributed by atoms with Crippen molar-refractivity contribution in [2.45, 2.75) is 6.04 Å². The molecule has 0 aromatic heterocycles. The van der Waals surface area contributed by atoms with Crippen molar-refractivity contribution in [2.24, 2.45) is 5.73 Å². The number of benzene rings is 2. The molecule has 0 heterocycles. The van der Waals surface area contributed by atoms with Crippen molar-refractivity contribution in [3.63, 3.8) is 0 Å². The molecule has 2 N–H and O–H groups in total. The van der Waals surface area contributed by atoms with Crippen molar-refractivity contribution >= 4 is 15.9 Å². The number of hydrogen-bond donors (Lipinski definition) is 1. The van der Waals surface area contributed by atoms with Crippen molar-refractivity contribution < 1.29 is 9.13 Å². The molecule has 0 fully saturated rings. The van der Waals surface area contributed by atoms with Crippen LogP contribution in [0.5, 0.6) is 5.75 Å². The largest absolute Gasteiger partial charge is 0.490 e. The van der Waals surface area contributed by atoms with E-state index in [1.54, 1.807) is 12.1 Å². The summed E-state index contributed by atoms with van der Waals surface area (Å²) in [5, 5.41) is 0. The molecule has 0 radical (unpaired) electrons. The zero-order chi connectivity index (χ0) is 13.0. The molecule has 0 saturated carbocycles. The van der Waals surface area contributed by atoms with E-state index < -0.39 is 0 Å². The Morgan fingerprint density at radius 2 is 1.94 bits per heavy atom. The van der Waals surface area contributed by atoms with Gasteiger partial charge in [0.25, 0.3) is 0 Å². The highest BCUT2D eigenvalue weighted by molar-refractivity contribution is 9.10. The Bertz CT molecular complexity index is 533. The molecule has 1 unspecified atom stereocenters. The molecule has 2 aromatic rings. The number of para-hydroxylation sites is 1. The summed E-state index contributed by atoms with van der Waals surface area (Å²) < 4.78 is 19.5. The highest BCUT2D eigenvalue weighted by atomic mass is 79.9. The molecule has 2 aromatic carbocycles. The second-order valence-electron chi connectivity index (χ2n) is 3.90. The minimum absolute atomic E-state index is 0.288. The number of rotatable bonds is 4. The first-order valence-electron chi connectivity index (χ1n) is 5.55. The lowest BCUT2D eigenvalue weighted by Crippen LogP contribution is -2.19. The Balaban J connectivity index is 2.00. The summed E-state index contributed by atoms with van der Waals surface area (Å²) in [6.45, 7) is 0.298. The third-order valence-corrected chi connectivity index (χ3v) is 3.19. The van der Waals surface area contributed by atoms with Crippen LogP contribution in [-0.4, -0.2) is 6.61 Å². The molecule has 0 aliphatic heterocycles. The molecule has 0 aliphatic carbocycles. The molecule has 4 heteroatoms. The van der Waals surface area contributed by atoms with Gasteiger partial charge in [-0.3, -0.25) is 0 Å². The fourth-order valence-corrected chi connectivity index (χ4v) is 1.97. The van der Waals surface area contributed by atoms with Crippen LogP contribution in [0.1, 0.15) is 11.6 Å². The van der Waals surface area contributed by atoms with Gasteiger partial charge < -0.3 is 10.5 Å². The number of ether oxygens (including phenoxy) is 1. The van der Waals surface area contributed by atoms with Crippen LogP contribution in [-0.2, 0) is 0 Å². The smallest absolute Gasteiger partial charge is 0.133 e. The van der Waals surface area contributed by atoms with Gasteiger partial charge in [-0.1, -0.05) is 24.3 Å². The minimum Gasteiger partial charge on any atom is -0.490 e. The Hall–Kier alpha value is -1.39. The number of halogens is 2. The highest BCUT2D eigenvalue weighted by Gasteiger charge is 2.08. The summed E-state index contributed by atoms with van der Waals surface area (Å²) in [5.41, 5.74) is 6.68. The molecule has 0 bridgehead atoms. The Labute approximate surface area is 114 Å². The standard InChI is InChI=1S/C14H13BrFNO/c15-12-6-1-2-7-14(12)18-9-13(17)10-4-3-5-11(16)8-10/h1-8,13H,9,17H2. The predicted molar refractivity (Wildman–Crippen MR) is 73.0 cm³/mol. The lowest BCUT2D eigenvalue weighted by molar-refractivity contribution is 0.289. The molecule has 0 spiro atoms. The molecule has 0 aliphatic rings. The lowest BCUT2D eigenvalue weighted by atomic mass is 10.1. The summed E-state index contributed by atoms with van der Waals surface area (Å²) in [6, 6.07) is 13.4. The first-order valence-corrected chi connectivity index (χ1v) is 6.34. The summed E-state index contributed by atoms with van der Waals surface area (Å²) in [4.78, 5) is 0. The Kier molecular flexibility index (Phi) is 4.33. The second kappa shape index (κ2) is 5.98. The first-order chi connectivity index (χ1) is 8.66. The summed E-state index contributed by atoms with van der Waals surface area (Å²) in [7, 11) is 0. The van der Waals surface area contributed by atoms with Crippen LogP contribution in [0.2, 0.25) is 0 Å². The van der Waals surface area contributed by atoms with Crippen LogP contribution in [0.25, 0.3) is 0 Å². The van der Waals surface area contributed by atoms with Gasteiger partial charge in [0.05, 0.1) is 10.5 Å². The van der Waals surface area contributed by atoms with Gasteiger partial charge in [0, 0.05) is 0 Å². The monoisotopic (exact) mass is 309 g/mol. The quantitative estimate of drug-likeness (QED) is 0.935. The molecular weight excluding hydrogens is 297 g/mol. The lowest BCUT2D eigenvalue weighted by Gasteiger charge is -2.14. The van der Waals surface area contributed by atoms with Gasteiger partial charge >= 0.3 is 0 Å². The Morgan fingerprint density at radius 3 is 2.67 bits per heavy atom. The highest BCUT2D eigenvalue weighted by Crippen LogP contribution is 2.24. The topological polar surface area (TPSA) is 35.2 Å². The minimum atomic E-state index is -0.354. The fraction of sp³-hybridized carbons (Fsp3) is 0.143. The molecule has 2 nitrogen and oxygen atoms in total.